The van der Waals surface area contributed by atoms with E-state index in [-0.39, 0.29) is 11.9 Å². The predicted molar refractivity (Wildman–Crippen MR) is 128 cm³/mol. The van der Waals surface area contributed by atoms with Gasteiger partial charge >= 0.3 is 6.09 Å². The molecule has 0 saturated carbocycles. The molecule has 0 spiro atoms. The normalized spacial score (nSPS) is 17.0. The van der Waals surface area contributed by atoms with Crippen LogP contribution in [0.5, 0.6) is 0 Å². The Balaban J connectivity index is 1.74. The maximum atomic E-state index is 13.6. The molecule has 0 radical (unpaired) electrons. The van der Waals surface area contributed by atoms with E-state index in [1.54, 1.807) is 60.7 Å². The first kappa shape index (κ1) is 21.2. The van der Waals surface area contributed by atoms with Crippen LogP contribution in [0.1, 0.15) is 32.6 Å². The summed E-state index contributed by atoms with van der Waals surface area (Å²) in [6.45, 7) is 1.81. The van der Waals surface area contributed by atoms with E-state index in [1.165, 1.54) is 11.9 Å². The lowest BCUT2D eigenvalue weighted by atomic mass is 9.92. The molecule has 8 heteroatoms. The van der Waals surface area contributed by atoms with E-state index in [0.29, 0.717) is 44.5 Å². The number of fused-ring (bicyclic) bond motifs is 2. The zero-order chi connectivity index (χ0) is 24.2. The van der Waals surface area contributed by atoms with Gasteiger partial charge in [0.25, 0.3) is 5.91 Å². The van der Waals surface area contributed by atoms with Gasteiger partial charge < -0.3 is 15.2 Å². The highest BCUT2D eigenvalue weighted by molar-refractivity contribution is 6.13. The van der Waals surface area contributed by atoms with E-state index in [2.05, 4.69) is 15.9 Å². The number of terminal acetylenes is 1. The molecule has 4 aromatic rings. The Morgan fingerprint density at radius 1 is 1.18 bits per heavy atom. The summed E-state index contributed by atoms with van der Waals surface area (Å²) < 4.78 is 0. The quantitative estimate of drug-likeness (QED) is 0.410. The number of H-pyrrole nitrogens is 1. The Kier molecular flexibility index (Phi) is 4.67. The number of aromatic amines is 1. The topological polar surface area (TPSA) is 110 Å². The average molecular weight is 452 g/mol. The highest BCUT2D eigenvalue weighted by atomic mass is 16.4. The minimum atomic E-state index is -1.84. The summed E-state index contributed by atoms with van der Waals surface area (Å²) in [6.07, 6.45) is 4.49. The van der Waals surface area contributed by atoms with Gasteiger partial charge in [0.05, 0.1) is 16.7 Å². The number of rotatable bonds is 3. The lowest BCUT2D eigenvalue weighted by molar-refractivity contribution is 0.0703. The van der Waals surface area contributed by atoms with Crippen LogP contribution in [-0.2, 0) is 5.72 Å². The third kappa shape index (κ3) is 2.88. The van der Waals surface area contributed by atoms with Crippen molar-refractivity contribution >= 4 is 34.7 Å². The second-order valence-corrected chi connectivity index (χ2v) is 8.09. The number of hydrogen-bond donors (Lipinski definition) is 3. The van der Waals surface area contributed by atoms with E-state index in [1.807, 2.05) is 6.92 Å². The Hall–Kier alpha value is -4.61. The maximum Gasteiger partial charge on any atom is 0.413 e. The fourth-order valence-electron chi connectivity index (χ4n) is 4.41. The van der Waals surface area contributed by atoms with E-state index in [4.69, 9.17) is 6.42 Å². The average Bonchev–Trinajstić information content (AvgIpc) is 3.36. The van der Waals surface area contributed by atoms with Crippen LogP contribution < -0.4 is 9.80 Å². The summed E-state index contributed by atoms with van der Waals surface area (Å²) in [7, 11) is 1.38. The van der Waals surface area contributed by atoms with Crippen molar-refractivity contribution < 1.29 is 19.8 Å². The van der Waals surface area contributed by atoms with Gasteiger partial charge in [0.2, 0.25) is 5.95 Å². The number of imidazole rings is 1. The van der Waals surface area contributed by atoms with Crippen LogP contribution >= 0.6 is 0 Å². The number of benzene rings is 3. The first-order valence-corrected chi connectivity index (χ1v) is 10.5. The van der Waals surface area contributed by atoms with Gasteiger partial charge in [-0.25, -0.2) is 9.78 Å². The highest BCUT2D eigenvalue weighted by Crippen LogP contribution is 2.46. The van der Waals surface area contributed by atoms with Crippen LogP contribution in [0.3, 0.4) is 0 Å². The highest BCUT2D eigenvalue weighted by Gasteiger charge is 2.51. The molecule has 0 fully saturated rings. The molecule has 0 aliphatic carbocycles. The number of carbonyl (C=O) groups is 2. The molecule has 3 N–H and O–H groups in total. The largest absolute Gasteiger partial charge is 0.465 e. The second-order valence-electron chi connectivity index (χ2n) is 8.09. The van der Waals surface area contributed by atoms with Crippen molar-refractivity contribution in [3.8, 4) is 12.3 Å². The fourth-order valence-corrected chi connectivity index (χ4v) is 4.41. The van der Waals surface area contributed by atoms with Crippen molar-refractivity contribution in [2.24, 2.45) is 0 Å². The molecule has 1 aromatic heterocycles. The first-order chi connectivity index (χ1) is 16.3. The number of aromatic nitrogens is 2. The van der Waals surface area contributed by atoms with Gasteiger partial charge in [0, 0.05) is 29.3 Å². The van der Waals surface area contributed by atoms with E-state index >= 15 is 0 Å². The summed E-state index contributed by atoms with van der Waals surface area (Å²) in [5, 5.41) is 21.5. The molecular weight excluding hydrogens is 432 g/mol. The summed E-state index contributed by atoms with van der Waals surface area (Å²) >= 11 is 0. The van der Waals surface area contributed by atoms with Gasteiger partial charge in [-0.1, -0.05) is 36.3 Å². The van der Waals surface area contributed by atoms with Crippen LogP contribution in [-0.4, -0.2) is 39.2 Å². The zero-order valence-corrected chi connectivity index (χ0v) is 18.4. The molecule has 1 aliphatic heterocycles. The molecule has 1 aliphatic rings. The standard InChI is InChI=1S/C26H20N4O4/c1-4-16-8-7-11-22(15(16)2)30-23(31)18-9-5-6-10-19(18)26(30,34)17-12-13-20-21(14-17)28-24(27-20)29(3)25(32)33/h1,5-14,34H,2-3H3,(H,27,28)(H,32,33). The van der Waals surface area contributed by atoms with Crippen LogP contribution in [0.4, 0.5) is 16.4 Å². The second kappa shape index (κ2) is 7.47. The van der Waals surface area contributed by atoms with Crippen LogP contribution in [0, 0.1) is 19.3 Å². The molecule has 34 heavy (non-hydrogen) atoms. The summed E-state index contributed by atoms with van der Waals surface area (Å²) in [5.74, 6) is 2.41. The molecule has 3 aromatic carbocycles. The Morgan fingerprint density at radius 3 is 2.68 bits per heavy atom. The molecule has 2 heterocycles. The summed E-state index contributed by atoms with van der Waals surface area (Å²) in [5.41, 5.74) is 2.21. The number of hydrogen-bond acceptors (Lipinski definition) is 4. The maximum absolute atomic E-state index is 13.6. The lowest BCUT2D eigenvalue weighted by Gasteiger charge is -2.35. The number of nitrogens with one attached hydrogen (secondary N) is 1. The number of aliphatic hydroxyl groups is 1. The SMILES string of the molecule is C#Cc1cccc(N2C(=O)c3ccccc3C2(O)c2ccc3[nH]c(N(C)C(=O)O)nc3c2)c1C. The summed E-state index contributed by atoms with van der Waals surface area (Å²) in [6, 6.07) is 17.2. The van der Waals surface area contributed by atoms with Crippen LogP contribution in [0.25, 0.3) is 11.0 Å². The minimum Gasteiger partial charge on any atom is -0.465 e. The summed E-state index contributed by atoms with van der Waals surface area (Å²) in [4.78, 5) is 34.5. The van der Waals surface area contributed by atoms with Gasteiger partial charge in [-0.3, -0.25) is 14.6 Å². The van der Waals surface area contributed by atoms with E-state index < -0.39 is 11.8 Å². The molecule has 0 saturated heterocycles. The van der Waals surface area contributed by atoms with Gasteiger partial charge in [-0.05, 0) is 42.8 Å². The fraction of sp³-hybridized carbons (Fsp3) is 0.115. The Bertz CT molecular complexity index is 1530. The monoisotopic (exact) mass is 452 g/mol. The van der Waals surface area contributed by atoms with E-state index in [0.717, 1.165) is 4.90 Å². The Labute approximate surface area is 195 Å². The third-order valence-electron chi connectivity index (χ3n) is 6.24. The Morgan fingerprint density at radius 2 is 1.94 bits per heavy atom. The van der Waals surface area contributed by atoms with Crippen molar-refractivity contribution in [1.29, 1.82) is 0 Å². The van der Waals surface area contributed by atoms with Crippen molar-refractivity contribution in [2.75, 3.05) is 16.8 Å². The first-order valence-electron chi connectivity index (χ1n) is 10.5. The smallest absolute Gasteiger partial charge is 0.413 e. The molecular formula is C26H20N4O4. The van der Waals surface area contributed by atoms with Gasteiger partial charge in [0.1, 0.15) is 0 Å². The van der Waals surface area contributed by atoms with Crippen LogP contribution in [0.15, 0.2) is 60.7 Å². The molecule has 2 amide bonds. The van der Waals surface area contributed by atoms with Gasteiger partial charge in [-0.2, -0.15) is 0 Å². The number of anilines is 2. The van der Waals surface area contributed by atoms with Gasteiger partial charge in [-0.15, -0.1) is 6.42 Å². The van der Waals surface area contributed by atoms with Crippen molar-refractivity contribution in [3.63, 3.8) is 0 Å². The number of amides is 2. The number of carboxylic acid groups (broad SMARTS) is 1. The van der Waals surface area contributed by atoms with Crippen LogP contribution in [0.2, 0.25) is 0 Å². The number of carbonyl (C=O) groups excluding carboxylic acids is 1. The van der Waals surface area contributed by atoms with E-state index in [9.17, 15) is 19.8 Å². The predicted octanol–water partition coefficient (Wildman–Crippen LogP) is 3.82. The number of nitrogens with zero attached hydrogens (tertiary/aromatic N) is 3. The molecule has 5 rings (SSSR count). The lowest BCUT2D eigenvalue weighted by Crippen LogP contribution is -2.45. The third-order valence-corrected chi connectivity index (χ3v) is 6.24. The molecule has 8 nitrogen and oxygen atoms in total. The van der Waals surface area contributed by atoms with Crippen molar-refractivity contribution in [3.05, 3.63) is 88.5 Å². The van der Waals surface area contributed by atoms with Crippen molar-refractivity contribution in [2.45, 2.75) is 12.6 Å². The molecule has 0 bridgehead atoms. The molecule has 1 atom stereocenters. The zero-order valence-electron chi connectivity index (χ0n) is 18.4. The van der Waals surface area contributed by atoms with Gasteiger partial charge in [0.15, 0.2) is 5.72 Å². The molecule has 1 unspecified atom stereocenters. The minimum absolute atomic E-state index is 0.143. The van der Waals surface area contributed by atoms with Crippen molar-refractivity contribution in [1.82, 2.24) is 9.97 Å². The molecule has 168 valence electrons.